The number of nitrogens with two attached hydrogens (primary N) is 1. The van der Waals surface area contributed by atoms with Gasteiger partial charge in [-0.3, -0.25) is 9.59 Å². The first-order chi connectivity index (χ1) is 9.47. The average molecular weight is 277 g/mol. The fraction of sp³-hybridized carbons (Fsp3) is 0.467. The van der Waals surface area contributed by atoms with Crippen molar-refractivity contribution in [3.05, 3.63) is 29.8 Å². The molecule has 20 heavy (non-hydrogen) atoms. The topological polar surface area (TPSA) is 84.2 Å². The molecule has 0 radical (unpaired) electrons. The highest BCUT2D eigenvalue weighted by Gasteiger charge is 2.06. The quantitative estimate of drug-likeness (QED) is 0.652. The van der Waals surface area contributed by atoms with Crippen LogP contribution >= 0.6 is 0 Å². The van der Waals surface area contributed by atoms with E-state index in [0.29, 0.717) is 31.1 Å². The van der Waals surface area contributed by atoms with Crippen molar-refractivity contribution in [2.45, 2.75) is 26.7 Å². The maximum Gasteiger partial charge on any atom is 0.224 e. The van der Waals surface area contributed by atoms with Crippen molar-refractivity contribution < 1.29 is 9.59 Å². The van der Waals surface area contributed by atoms with Gasteiger partial charge < -0.3 is 16.4 Å². The summed E-state index contributed by atoms with van der Waals surface area (Å²) in [6.45, 7) is 5.09. The molecule has 0 saturated carbocycles. The molecular formula is C15H23N3O2. The van der Waals surface area contributed by atoms with Gasteiger partial charge in [-0.15, -0.1) is 0 Å². The van der Waals surface area contributed by atoms with Gasteiger partial charge in [-0.25, -0.2) is 0 Å². The predicted octanol–water partition coefficient (Wildman–Crippen LogP) is 1.09. The summed E-state index contributed by atoms with van der Waals surface area (Å²) in [6, 6.07) is 7.22. The lowest BCUT2D eigenvalue weighted by Gasteiger charge is -2.08. The van der Waals surface area contributed by atoms with Gasteiger partial charge in [-0.2, -0.15) is 0 Å². The molecule has 5 nitrogen and oxygen atoms in total. The Balaban J connectivity index is 2.22. The zero-order valence-electron chi connectivity index (χ0n) is 12.1. The van der Waals surface area contributed by atoms with Crippen LogP contribution in [0.15, 0.2) is 24.3 Å². The van der Waals surface area contributed by atoms with Gasteiger partial charge in [-0.1, -0.05) is 26.0 Å². The second-order valence-electron chi connectivity index (χ2n) is 5.22. The third-order valence-corrected chi connectivity index (χ3v) is 2.70. The molecule has 0 aliphatic carbocycles. The van der Waals surface area contributed by atoms with Crippen LogP contribution in [0.2, 0.25) is 0 Å². The van der Waals surface area contributed by atoms with E-state index < -0.39 is 0 Å². The number of benzene rings is 1. The Morgan fingerprint density at radius 1 is 1.20 bits per heavy atom. The maximum atomic E-state index is 11.7. The van der Waals surface area contributed by atoms with Crippen LogP contribution in [0.5, 0.6) is 0 Å². The molecule has 0 unspecified atom stereocenters. The molecule has 2 amide bonds. The van der Waals surface area contributed by atoms with E-state index in [4.69, 9.17) is 5.73 Å². The van der Waals surface area contributed by atoms with Crippen molar-refractivity contribution in [2.75, 3.05) is 18.8 Å². The van der Waals surface area contributed by atoms with Crippen molar-refractivity contribution in [3.63, 3.8) is 0 Å². The van der Waals surface area contributed by atoms with Crippen molar-refractivity contribution in [1.29, 1.82) is 0 Å². The molecule has 0 aliphatic heterocycles. The number of amides is 2. The molecule has 1 aromatic rings. The van der Waals surface area contributed by atoms with E-state index in [2.05, 4.69) is 10.6 Å². The van der Waals surface area contributed by atoms with E-state index in [0.717, 1.165) is 5.56 Å². The summed E-state index contributed by atoms with van der Waals surface area (Å²) in [7, 11) is 0. The number of carbonyl (C=O) groups is 2. The Morgan fingerprint density at radius 2 is 1.95 bits per heavy atom. The lowest BCUT2D eigenvalue weighted by atomic mass is 10.1. The molecule has 1 aromatic carbocycles. The molecule has 0 bridgehead atoms. The van der Waals surface area contributed by atoms with Crippen molar-refractivity contribution >= 4 is 17.5 Å². The zero-order valence-corrected chi connectivity index (χ0v) is 12.1. The Kier molecular flexibility index (Phi) is 6.56. The lowest BCUT2D eigenvalue weighted by Crippen LogP contribution is -2.32. The van der Waals surface area contributed by atoms with Gasteiger partial charge in [0.2, 0.25) is 11.8 Å². The van der Waals surface area contributed by atoms with Crippen LogP contribution in [0.3, 0.4) is 0 Å². The van der Waals surface area contributed by atoms with Crippen LogP contribution in [0, 0.1) is 5.92 Å². The van der Waals surface area contributed by atoms with Crippen LogP contribution in [-0.4, -0.2) is 24.9 Å². The van der Waals surface area contributed by atoms with Gasteiger partial charge >= 0.3 is 0 Å². The molecule has 5 heteroatoms. The van der Waals surface area contributed by atoms with Crippen LogP contribution < -0.4 is 16.4 Å². The second kappa shape index (κ2) is 8.19. The normalized spacial score (nSPS) is 10.3. The summed E-state index contributed by atoms with van der Waals surface area (Å²) < 4.78 is 0. The third kappa shape index (κ3) is 6.78. The minimum absolute atomic E-state index is 0.0389. The average Bonchev–Trinajstić information content (AvgIpc) is 2.36. The molecule has 1 rings (SSSR count). The van der Waals surface area contributed by atoms with Crippen LogP contribution in [-0.2, 0) is 16.0 Å². The number of nitrogens with one attached hydrogen (secondary N) is 2. The number of rotatable bonds is 7. The summed E-state index contributed by atoms with van der Waals surface area (Å²) in [6.07, 6.45) is 0.577. The van der Waals surface area contributed by atoms with Crippen LogP contribution in [0.4, 0.5) is 5.69 Å². The Bertz CT molecular complexity index is 458. The van der Waals surface area contributed by atoms with Gasteiger partial charge in [0.05, 0.1) is 6.42 Å². The highest BCUT2D eigenvalue weighted by atomic mass is 16.2. The molecule has 0 aliphatic rings. The minimum Gasteiger partial charge on any atom is -0.399 e. The van der Waals surface area contributed by atoms with Crippen LogP contribution in [0.25, 0.3) is 0 Å². The standard InChI is InChI=1S/C15H23N3O2/c1-11(2)10-18-14(19)6-7-17-15(20)9-12-4-3-5-13(16)8-12/h3-5,8,11H,6-7,9-10,16H2,1-2H3,(H,17,20)(H,18,19). The van der Waals surface area contributed by atoms with Gasteiger partial charge in [0.25, 0.3) is 0 Å². The third-order valence-electron chi connectivity index (χ3n) is 2.70. The zero-order chi connectivity index (χ0) is 15.0. The maximum absolute atomic E-state index is 11.7. The van der Waals surface area contributed by atoms with Crippen molar-refractivity contribution in [3.8, 4) is 0 Å². The molecule has 0 aromatic heterocycles. The van der Waals surface area contributed by atoms with Crippen LogP contribution in [0.1, 0.15) is 25.8 Å². The molecule has 0 atom stereocenters. The Hall–Kier alpha value is -2.04. The second-order valence-corrected chi connectivity index (χ2v) is 5.22. The fourth-order valence-corrected chi connectivity index (χ4v) is 1.67. The highest BCUT2D eigenvalue weighted by molar-refractivity contribution is 5.80. The molecule has 0 saturated heterocycles. The van der Waals surface area contributed by atoms with Gasteiger partial charge in [0, 0.05) is 25.2 Å². The molecule has 4 N–H and O–H groups in total. The van der Waals surface area contributed by atoms with E-state index in [1.54, 1.807) is 12.1 Å². The van der Waals surface area contributed by atoms with Gasteiger partial charge in [-0.05, 0) is 23.6 Å². The van der Waals surface area contributed by atoms with Gasteiger partial charge in [0.15, 0.2) is 0 Å². The van der Waals surface area contributed by atoms with Crippen molar-refractivity contribution in [2.24, 2.45) is 5.92 Å². The predicted molar refractivity (Wildman–Crippen MR) is 80.0 cm³/mol. The van der Waals surface area contributed by atoms with Crippen molar-refractivity contribution in [1.82, 2.24) is 10.6 Å². The van der Waals surface area contributed by atoms with E-state index in [9.17, 15) is 9.59 Å². The first-order valence-corrected chi connectivity index (χ1v) is 6.85. The molecule has 110 valence electrons. The summed E-state index contributed by atoms with van der Waals surface area (Å²) >= 11 is 0. The fourth-order valence-electron chi connectivity index (χ4n) is 1.67. The summed E-state index contributed by atoms with van der Waals surface area (Å²) in [5.41, 5.74) is 7.16. The summed E-state index contributed by atoms with van der Waals surface area (Å²) in [5, 5.41) is 5.53. The number of hydrogen-bond donors (Lipinski definition) is 3. The Morgan fingerprint density at radius 3 is 2.60 bits per heavy atom. The molecule has 0 heterocycles. The first-order valence-electron chi connectivity index (χ1n) is 6.85. The monoisotopic (exact) mass is 277 g/mol. The number of carbonyl (C=O) groups excluding carboxylic acids is 2. The highest BCUT2D eigenvalue weighted by Crippen LogP contribution is 2.06. The number of hydrogen-bond acceptors (Lipinski definition) is 3. The largest absolute Gasteiger partial charge is 0.399 e. The molecular weight excluding hydrogens is 254 g/mol. The van der Waals surface area contributed by atoms with E-state index in [1.807, 2.05) is 26.0 Å². The van der Waals surface area contributed by atoms with E-state index >= 15 is 0 Å². The Labute approximate surface area is 119 Å². The van der Waals surface area contributed by atoms with E-state index in [-0.39, 0.29) is 18.2 Å². The molecule has 0 spiro atoms. The number of nitrogen functional groups attached to an aromatic ring is 1. The smallest absolute Gasteiger partial charge is 0.224 e. The first kappa shape index (κ1) is 16.0. The minimum atomic E-state index is -0.104. The number of anilines is 1. The van der Waals surface area contributed by atoms with E-state index in [1.165, 1.54) is 0 Å². The van der Waals surface area contributed by atoms with Gasteiger partial charge in [0.1, 0.15) is 0 Å². The lowest BCUT2D eigenvalue weighted by molar-refractivity contribution is -0.122. The molecule has 0 fully saturated rings. The SMILES string of the molecule is CC(C)CNC(=O)CCNC(=O)Cc1cccc(N)c1. The summed E-state index contributed by atoms with van der Waals surface area (Å²) in [5.74, 6) is 0.285. The summed E-state index contributed by atoms with van der Waals surface area (Å²) in [4.78, 5) is 23.1.